The summed E-state index contributed by atoms with van der Waals surface area (Å²) in [6.07, 6.45) is 5.17. The molecule has 0 saturated heterocycles. The van der Waals surface area contributed by atoms with Crippen LogP contribution in [0, 0.1) is 6.92 Å². The van der Waals surface area contributed by atoms with Crippen molar-refractivity contribution in [2.75, 3.05) is 0 Å². The zero-order valence-electron chi connectivity index (χ0n) is 13.4. The molecule has 0 aromatic heterocycles. The van der Waals surface area contributed by atoms with Crippen molar-refractivity contribution in [2.45, 2.75) is 19.8 Å². The SMILES string of the molecule is Cc1cc(O)ccc1/C=C/C(O)=C/C(=O)CCc1ccc(O)cc1. The van der Waals surface area contributed by atoms with Gasteiger partial charge in [-0.05, 0) is 60.4 Å². The van der Waals surface area contributed by atoms with E-state index in [0.717, 1.165) is 16.7 Å². The highest BCUT2D eigenvalue weighted by atomic mass is 16.3. The van der Waals surface area contributed by atoms with Crippen LogP contribution in [0.3, 0.4) is 0 Å². The normalized spacial score (nSPS) is 11.8. The summed E-state index contributed by atoms with van der Waals surface area (Å²) in [6.45, 7) is 1.85. The van der Waals surface area contributed by atoms with Crippen LogP contribution >= 0.6 is 0 Å². The lowest BCUT2D eigenvalue weighted by Crippen LogP contribution is -1.97. The number of benzene rings is 2. The van der Waals surface area contributed by atoms with Crippen LogP contribution < -0.4 is 0 Å². The second kappa shape index (κ2) is 8.02. The Morgan fingerprint density at radius 1 is 1.04 bits per heavy atom. The average molecular weight is 324 g/mol. The van der Waals surface area contributed by atoms with Crippen LogP contribution in [0.4, 0.5) is 0 Å². The van der Waals surface area contributed by atoms with Crippen molar-refractivity contribution < 1.29 is 20.1 Å². The number of allylic oxidation sites excluding steroid dienone is 2. The fourth-order valence-corrected chi connectivity index (χ4v) is 2.24. The Bertz CT molecular complexity index is 771. The van der Waals surface area contributed by atoms with Gasteiger partial charge < -0.3 is 15.3 Å². The fourth-order valence-electron chi connectivity index (χ4n) is 2.24. The molecule has 0 fully saturated rings. The number of aliphatic hydroxyl groups is 1. The molecule has 0 aliphatic heterocycles. The van der Waals surface area contributed by atoms with E-state index in [-0.39, 0.29) is 29.5 Å². The molecular weight excluding hydrogens is 304 g/mol. The van der Waals surface area contributed by atoms with Crippen molar-refractivity contribution in [3.63, 3.8) is 0 Å². The molecule has 0 heterocycles. The quantitative estimate of drug-likeness (QED) is 0.425. The molecule has 0 aliphatic rings. The van der Waals surface area contributed by atoms with Gasteiger partial charge in [0.05, 0.1) is 0 Å². The molecule has 4 heteroatoms. The van der Waals surface area contributed by atoms with Gasteiger partial charge in [0, 0.05) is 12.5 Å². The summed E-state index contributed by atoms with van der Waals surface area (Å²) in [7, 11) is 0. The molecule has 4 nitrogen and oxygen atoms in total. The predicted molar refractivity (Wildman–Crippen MR) is 94.0 cm³/mol. The van der Waals surface area contributed by atoms with E-state index in [0.29, 0.717) is 6.42 Å². The largest absolute Gasteiger partial charge is 0.508 e. The van der Waals surface area contributed by atoms with E-state index in [1.807, 2.05) is 6.92 Å². The Morgan fingerprint density at radius 2 is 1.71 bits per heavy atom. The minimum atomic E-state index is -0.173. The van der Waals surface area contributed by atoms with Crippen LogP contribution in [-0.4, -0.2) is 21.1 Å². The van der Waals surface area contributed by atoms with E-state index >= 15 is 0 Å². The van der Waals surface area contributed by atoms with E-state index in [9.17, 15) is 20.1 Å². The molecule has 0 saturated carbocycles. The smallest absolute Gasteiger partial charge is 0.159 e. The fraction of sp³-hybridized carbons (Fsp3) is 0.150. The van der Waals surface area contributed by atoms with Gasteiger partial charge in [-0.15, -0.1) is 0 Å². The van der Waals surface area contributed by atoms with Crippen LogP contribution in [0.1, 0.15) is 23.1 Å². The van der Waals surface area contributed by atoms with Crippen molar-refractivity contribution >= 4 is 11.9 Å². The standard InChI is InChI=1S/C20H20O4/c1-14-12-18(22)10-5-16(14)6-11-20(24)13-19(23)9-4-15-2-7-17(21)8-3-15/h2-3,5-8,10-13,21-22,24H,4,9H2,1H3/b11-6+,20-13-. The molecule has 2 aromatic carbocycles. The molecule has 0 atom stereocenters. The molecule has 2 rings (SSSR count). The number of hydrogen-bond donors (Lipinski definition) is 3. The van der Waals surface area contributed by atoms with Crippen LogP contribution in [0.15, 0.2) is 60.4 Å². The number of hydrogen-bond acceptors (Lipinski definition) is 4. The summed E-state index contributed by atoms with van der Waals surface area (Å²) >= 11 is 0. The van der Waals surface area contributed by atoms with Crippen LogP contribution in [-0.2, 0) is 11.2 Å². The van der Waals surface area contributed by atoms with Gasteiger partial charge in [0.15, 0.2) is 5.78 Å². The monoisotopic (exact) mass is 324 g/mol. The van der Waals surface area contributed by atoms with E-state index in [1.165, 1.54) is 12.2 Å². The minimum absolute atomic E-state index is 0.113. The molecule has 0 spiro atoms. The van der Waals surface area contributed by atoms with Gasteiger partial charge in [0.1, 0.15) is 17.3 Å². The van der Waals surface area contributed by atoms with Crippen molar-refractivity contribution in [3.8, 4) is 11.5 Å². The van der Waals surface area contributed by atoms with Crippen molar-refractivity contribution in [1.29, 1.82) is 0 Å². The number of ketones is 1. The van der Waals surface area contributed by atoms with E-state index < -0.39 is 0 Å². The molecule has 24 heavy (non-hydrogen) atoms. The lowest BCUT2D eigenvalue weighted by Gasteiger charge is -2.01. The Kier molecular flexibility index (Phi) is 5.79. The maximum absolute atomic E-state index is 11.9. The van der Waals surface area contributed by atoms with Gasteiger partial charge in [0.25, 0.3) is 0 Å². The van der Waals surface area contributed by atoms with Crippen molar-refractivity contribution in [2.24, 2.45) is 0 Å². The summed E-state index contributed by atoms with van der Waals surface area (Å²) in [5.74, 6) is 0.0944. The highest BCUT2D eigenvalue weighted by Gasteiger charge is 2.02. The first-order chi connectivity index (χ1) is 11.4. The predicted octanol–water partition coefficient (Wildman–Crippen LogP) is 4.06. The number of rotatable bonds is 6. The number of phenols is 2. The molecule has 0 bridgehead atoms. The summed E-state index contributed by atoms with van der Waals surface area (Å²) in [5, 5.41) is 28.4. The van der Waals surface area contributed by atoms with Crippen LogP contribution in [0.25, 0.3) is 6.08 Å². The Labute approximate surface area is 141 Å². The minimum Gasteiger partial charge on any atom is -0.508 e. The lowest BCUT2D eigenvalue weighted by molar-refractivity contribution is -0.114. The molecule has 0 unspecified atom stereocenters. The molecule has 0 aliphatic carbocycles. The maximum Gasteiger partial charge on any atom is 0.159 e. The molecule has 2 aromatic rings. The number of carbonyl (C=O) groups excluding carboxylic acids is 1. The van der Waals surface area contributed by atoms with Gasteiger partial charge in [-0.3, -0.25) is 4.79 Å². The van der Waals surface area contributed by atoms with E-state index in [2.05, 4.69) is 0 Å². The third-order valence-electron chi connectivity index (χ3n) is 3.59. The highest BCUT2D eigenvalue weighted by Crippen LogP contribution is 2.17. The first kappa shape index (κ1) is 17.3. The summed E-state index contributed by atoms with van der Waals surface area (Å²) < 4.78 is 0. The van der Waals surface area contributed by atoms with E-state index in [4.69, 9.17) is 0 Å². The zero-order chi connectivity index (χ0) is 17.5. The van der Waals surface area contributed by atoms with Crippen molar-refractivity contribution in [1.82, 2.24) is 0 Å². The molecular formula is C20H20O4. The molecule has 0 amide bonds. The van der Waals surface area contributed by atoms with Gasteiger partial charge in [-0.1, -0.05) is 24.3 Å². The zero-order valence-corrected chi connectivity index (χ0v) is 13.4. The van der Waals surface area contributed by atoms with Gasteiger partial charge in [-0.2, -0.15) is 0 Å². The maximum atomic E-state index is 11.9. The van der Waals surface area contributed by atoms with Gasteiger partial charge in [-0.25, -0.2) is 0 Å². The summed E-state index contributed by atoms with van der Waals surface area (Å²) in [4.78, 5) is 11.9. The second-order valence-electron chi connectivity index (χ2n) is 5.58. The highest BCUT2D eigenvalue weighted by molar-refractivity contribution is 5.90. The molecule has 3 N–H and O–H groups in total. The Morgan fingerprint density at radius 3 is 2.38 bits per heavy atom. The first-order valence-corrected chi connectivity index (χ1v) is 7.63. The summed E-state index contributed by atoms with van der Waals surface area (Å²) in [5.41, 5.74) is 2.67. The number of aryl methyl sites for hydroxylation is 2. The number of carbonyl (C=O) groups is 1. The topological polar surface area (TPSA) is 77.8 Å². The summed E-state index contributed by atoms with van der Waals surface area (Å²) in [6, 6.07) is 11.6. The molecule has 124 valence electrons. The number of phenolic OH excluding ortho intramolecular Hbond substituents is 2. The third kappa shape index (κ3) is 5.32. The first-order valence-electron chi connectivity index (χ1n) is 7.63. The number of aromatic hydroxyl groups is 2. The Balaban J connectivity index is 1.93. The lowest BCUT2D eigenvalue weighted by atomic mass is 10.1. The van der Waals surface area contributed by atoms with Crippen molar-refractivity contribution in [3.05, 3.63) is 77.1 Å². The second-order valence-corrected chi connectivity index (χ2v) is 5.58. The third-order valence-corrected chi connectivity index (χ3v) is 3.59. The van der Waals surface area contributed by atoms with Crippen LogP contribution in [0.5, 0.6) is 11.5 Å². The van der Waals surface area contributed by atoms with Gasteiger partial charge >= 0.3 is 0 Å². The number of aliphatic hydroxyl groups excluding tert-OH is 1. The Hall–Kier alpha value is -3.01. The van der Waals surface area contributed by atoms with Crippen LogP contribution in [0.2, 0.25) is 0 Å². The van der Waals surface area contributed by atoms with E-state index in [1.54, 1.807) is 48.5 Å². The van der Waals surface area contributed by atoms with Gasteiger partial charge in [0.2, 0.25) is 0 Å². The average Bonchev–Trinajstić information content (AvgIpc) is 2.53. The molecule has 0 radical (unpaired) electrons.